The van der Waals surface area contributed by atoms with Gasteiger partial charge in [-0.15, -0.1) is 0 Å². The zero-order valence-electron chi connectivity index (χ0n) is 13.5. The zero-order chi connectivity index (χ0) is 14.7. The quantitative estimate of drug-likeness (QED) is 0.721. The van der Waals surface area contributed by atoms with Gasteiger partial charge in [-0.2, -0.15) is 0 Å². The van der Waals surface area contributed by atoms with Gasteiger partial charge in [-0.25, -0.2) is 0 Å². The van der Waals surface area contributed by atoms with Gasteiger partial charge in [0.2, 0.25) is 0 Å². The summed E-state index contributed by atoms with van der Waals surface area (Å²) < 4.78 is 5.37. The molecule has 0 fully saturated rings. The van der Waals surface area contributed by atoms with E-state index in [-0.39, 0.29) is 0 Å². The summed E-state index contributed by atoms with van der Waals surface area (Å²) in [6.45, 7) is 14.4. The monoisotopic (exact) mass is 292 g/mol. The molecule has 1 aromatic rings. The van der Waals surface area contributed by atoms with Gasteiger partial charge in [-0.1, -0.05) is 57.5 Å². The van der Waals surface area contributed by atoms with Crippen LogP contribution in [-0.2, 0) is 0 Å². The standard InChI is InChI=1S/C16H28OSi2/c1-17-15-11-10-14(9-8-12-18(2,3)4)16(13-15)19(5,6)7/h8-11,13H,12H2,1-7H3/b9-8+. The van der Waals surface area contributed by atoms with Crippen LogP contribution in [0.4, 0.5) is 0 Å². The van der Waals surface area contributed by atoms with E-state index in [0.717, 1.165) is 5.75 Å². The number of hydrogen-bond donors (Lipinski definition) is 0. The Kier molecular flexibility index (Phi) is 5.21. The molecule has 1 rings (SSSR count). The van der Waals surface area contributed by atoms with Gasteiger partial charge in [0, 0.05) is 8.07 Å². The maximum absolute atomic E-state index is 5.37. The number of benzene rings is 1. The Balaban J connectivity index is 3.07. The van der Waals surface area contributed by atoms with Crippen LogP contribution in [0.25, 0.3) is 6.08 Å². The summed E-state index contributed by atoms with van der Waals surface area (Å²) in [4.78, 5) is 0. The fraction of sp³-hybridized carbons (Fsp3) is 0.500. The maximum Gasteiger partial charge on any atom is 0.118 e. The Bertz CT molecular complexity index is 451. The van der Waals surface area contributed by atoms with Gasteiger partial charge in [0.1, 0.15) is 5.75 Å². The minimum absolute atomic E-state index is 0.972. The van der Waals surface area contributed by atoms with E-state index in [4.69, 9.17) is 4.74 Å². The predicted octanol–water partition coefficient (Wildman–Crippen LogP) is 4.59. The second kappa shape index (κ2) is 6.10. The molecule has 0 amide bonds. The van der Waals surface area contributed by atoms with E-state index in [0.29, 0.717) is 0 Å². The van der Waals surface area contributed by atoms with Gasteiger partial charge < -0.3 is 4.74 Å². The lowest BCUT2D eigenvalue weighted by Crippen LogP contribution is -2.39. The third-order valence-electron chi connectivity index (χ3n) is 3.10. The van der Waals surface area contributed by atoms with E-state index in [9.17, 15) is 0 Å². The highest BCUT2D eigenvalue weighted by atomic mass is 28.3. The molecule has 0 aliphatic heterocycles. The minimum Gasteiger partial charge on any atom is -0.497 e. The smallest absolute Gasteiger partial charge is 0.118 e. The Morgan fingerprint density at radius 3 is 2.16 bits per heavy atom. The first-order valence-corrected chi connectivity index (χ1v) is 14.2. The van der Waals surface area contributed by atoms with Crippen LogP contribution in [-0.4, -0.2) is 23.3 Å². The highest BCUT2D eigenvalue weighted by Crippen LogP contribution is 2.17. The maximum atomic E-state index is 5.37. The van der Waals surface area contributed by atoms with Gasteiger partial charge in [0.25, 0.3) is 0 Å². The fourth-order valence-electron chi connectivity index (χ4n) is 2.00. The van der Waals surface area contributed by atoms with Gasteiger partial charge in [0.15, 0.2) is 0 Å². The molecule has 1 aromatic carbocycles. The molecule has 106 valence electrons. The van der Waals surface area contributed by atoms with Crippen LogP contribution in [0.5, 0.6) is 5.75 Å². The molecular formula is C16H28OSi2. The molecule has 0 aliphatic rings. The van der Waals surface area contributed by atoms with Crippen molar-refractivity contribution in [2.45, 2.75) is 45.3 Å². The van der Waals surface area contributed by atoms with Crippen LogP contribution in [0.3, 0.4) is 0 Å². The van der Waals surface area contributed by atoms with Gasteiger partial charge >= 0.3 is 0 Å². The molecule has 1 nitrogen and oxygen atoms in total. The third-order valence-corrected chi connectivity index (χ3v) is 6.61. The Morgan fingerprint density at radius 1 is 1.05 bits per heavy atom. The van der Waals surface area contributed by atoms with Crippen LogP contribution in [0, 0.1) is 0 Å². The predicted molar refractivity (Wildman–Crippen MR) is 93.2 cm³/mol. The molecule has 3 heteroatoms. The molecule has 0 saturated heterocycles. The Labute approximate surface area is 120 Å². The highest BCUT2D eigenvalue weighted by Gasteiger charge is 2.20. The van der Waals surface area contributed by atoms with Crippen molar-refractivity contribution in [3.8, 4) is 5.75 Å². The molecule has 0 bridgehead atoms. The summed E-state index contributed by atoms with van der Waals surface area (Å²) in [5, 5.41) is 1.48. The van der Waals surface area contributed by atoms with Crippen molar-refractivity contribution in [1.82, 2.24) is 0 Å². The van der Waals surface area contributed by atoms with Crippen LogP contribution in [0.1, 0.15) is 5.56 Å². The normalized spacial score (nSPS) is 13.0. The summed E-state index contributed by atoms with van der Waals surface area (Å²) in [7, 11) is -0.594. The molecule has 0 spiro atoms. The molecule has 0 radical (unpaired) electrons. The van der Waals surface area contributed by atoms with E-state index in [1.54, 1.807) is 7.11 Å². The Hall–Kier alpha value is -0.806. The molecule has 0 aromatic heterocycles. The third kappa shape index (κ3) is 5.37. The first-order chi connectivity index (χ1) is 8.63. The Morgan fingerprint density at radius 2 is 1.68 bits per heavy atom. The zero-order valence-corrected chi connectivity index (χ0v) is 15.5. The average Bonchev–Trinajstić information content (AvgIpc) is 2.26. The highest BCUT2D eigenvalue weighted by molar-refractivity contribution is 6.89. The lowest BCUT2D eigenvalue weighted by atomic mass is 10.2. The van der Waals surface area contributed by atoms with Crippen molar-refractivity contribution in [2.24, 2.45) is 0 Å². The van der Waals surface area contributed by atoms with Crippen molar-refractivity contribution in [3.05, 3.63) is 29.8 Å². The lowest BCUT2D eigenvalue weighted by Gasteiger charge is -2.21. The van der Waals surface area contributed by atoms with Crippen molar-refractivity contribution in [1.29, 1.82) is 0 Å². The largest absolute Gasteiger partial charge is 0.497 e. The molecule has 0 N–H and O–H groups in total. The molecule has 0 saturated carbocycles. The first-order valence-electron chi connectivity index (χ1n) is 6.98. The van der Waals surface area contributed by atoms with E-state index >= 15 is 0 Å². The summed E-state index contributed by atoms with van der Waals surface area (Å²) in [5.74, 6) is 0.972. The number of methoxy groups -OCH3 is 1. The lowest BCUT2D eigenvalue weighted by molar-refractivity contribution is 0.415. The number of allylic oxidation sites excluding steroid dienone is 1. The molecular weight excluding hydrogens is 264 g/mol. The van der Waals surface area contributed by atoms with Crippen LogP contribution < -0.4 is 9.92 Å². The van der Waals surface area contributed by atoms with Crippen molar-refractivity contribution in [3.63, 3.8) is 0 Å². The number of hydrogen-bond acceptors (Lipinski definition) is 1. The van der Waals surface area contributed by atoms with Crippen molar-refractivity contribution in [2.75, 3.05) is 7.11 Å². The molecule has 0 aliphatic carbocycles. The second-order valence-corrected chi connectivity index (χ2v) is 17.9. The van der Waals surface area contributed by atoms with E-state index in [1.807, 2.05) is 0 Å². The van der Waals surface area contributed by atoms with Gasteiger partial charge in [-0.05, 0) is 28.9 Å². The topological polar surface area (TPSA) is 9.23 Å². The first kappa shape index (κ1) is 16.2. The summed E-state index contributed by atoms with van der Waals surface area (Å²) in [6.07, 6.45) is 4.67. The van der Waals surface area contributed by atoms with Crippen molar-refractivity contribution >= 4 is 27.4 Å². The van der Waals surface area contributed by atoms with Crippen molar-refractivity contribution < 1.29 is 4.74 Å². The summed E-state index contributed by atoms with van der Waals surface area (Å²) in [5.41, 5.74) is 1.37. The molecule has 19 heavy (non-hydrogen) atoms. The summed E-state index contributed by atoms with van der Waals surface area (Å²) in [6, 6.07) is 7.73. The molecule has 0 unspecified atom stereocenters. The second-order valence-electron chi connectivity index (χ2n) is 7.37. The van der Waals surface area contributed by atoms with Gasteiger partial charge in [-0.3, -0.25) is 0 Å². The van der Waals surface area contributed by atoms with Gasteiger partial charge in [0.05, 0.1) is 15.2 Å². The van der Waals surface area contributed by atoms with Crippen LogP contribution >= 0.6 is 0 Å². The molecule has 0 heterocycles. The molecule has 0 atom stereocenters. The van der Waals surface area contributed by atoms with E-state index in [1.165, 1.54) is 16.8 Å². The fourth-order valence-corrected chi connectivity index (χ4v) is 4.43. The van der Waals surface area contributed by atoms with Crippen LogP contribution in [0.15, 0.2) is 24.3 Å². The summed E-state index contributed by atoms with van der Waals surface area (Å²) >= 11 is 0. The average molecular weight is 293 g/mol. The van der Waals surface area contributed by atoms with Crippen LogP contribution in [0.2, 0.25) is 45.3 Å². The number of rotatable bonds is 5. The van der Waals surface area contributed by atoms with E-state index < -0.39 is 16.1 Å². The number of ether oxygens (including phenoxy) is 1. The minimum atomic E-state index is -1.34. The SMILES string of the molecule is COc1ccc(/C=C/C[Si](C)(C)C)c([Si](C)(C)C)c1. The van der Waals surface area contributed by atoms with E-state index in [2.05, 4.69) is 69.6 Å².